The summed E-state index contributed by atoms with van der Waals surface area (Å²) < 4.78 is 0. The predicted octanol–water partition coefficient (Wildman–Crippen LogP) is 3.98. The van der Waals surface area contributed by atoms with Gasteiger partial charge in [0, 0.05) is 30.4 Å². The number of hydrogen-bond donors (Lipinski definition) is 1. The van der Waals surface area contributed by atoms with E-state index in [0.29, 0.717) is 6.04 Å². The van der Waals surface area contributed by atoms with Gasteiger partial charge in [-0.2, -0.15) is 0 Å². The van der Waals surface area contributed by atoms with Crippen molar-refractivity contribution in [2.45, 2.75) is 44.6 Å². The van der Waals surface area contributed by atoms with E-state index < -0.39 is 0 Å². The SMILES string of the molecule is CN(c1ccc(N)c2ncccc12)C1CCCCCC1. The van der Waals surface area contributed by atoms with Crippen LogP contribution in [0, 0.1) is 0 Å². The van der Waals surface area contributed by atoms with Gasteiger partial charge in [-0.3, -0.25) is 4.98 Å². The third-order valence-electron chi connectivity index (χ3n) is 4.53. The molecule has 1 heterocycles. The van der Waals surface area contributed by atoms with E-state index in [1.807, 2.05) is 18.3 Å². The van der Waals surface area contributed by atoms with Gasteiger partial charge in [0.1, 0.15) is 0 Å². The van der Waals surface area contributed by atoms with Gasteiger partial charge in [-0.05, 0) is 37.1 Å². The van der Waals surface area contributed by atoms with Crippen LogP contribution in [0.2, 0.25) is 0 Å². The number of nitrogens with zero attached hydrogens (tertiary/aromatic N) is 2. The van der Waals surface area contributed by atoms with E-state index in [1.165, 1.54) is 49.6 Å². The van der Waals surface area contributed by atoms with Crippen LogP contribution < -0.4 is 10.6 Å². The van der Waals surface area contributed by atoms with Gasteiger partial charge in [0.25, 0.3) is 0 Å². The van der Waals surface area contributed by atoms with E-state index in [0.717, 1.165) is 11.2 Å². The molecule has 1 aromatic carbocycles. The lowest BCUT2D eigenvalue weighted by Gasteiger charge is -2.30. The topological polar surface area (TPSA) is 42.1 Å². The fraction of sp³-hybridized carbons (Fsp3) is 0.471. The van der Waals surface area contributed by atoms with E-state index in [2.05, 4.69) is 29.1 Å². The normalized spacial score (nSPS) is 17.1. The maximum absolute atomic E-state index is 6.05. The van der Waals surface area contributed by atoms with E-state index >= 15 is 0 Å². The number of hydrogen-bond acceptors (Lipinski definition) is 3. The Hall–Kier alpha value is -1.77. The number of rotatable bonds is 2. The Balaban J connectivity index is 1.98. The first kappa shape index (κ1) is 13.2. The van der Waals surface area contributed by atoms with Crippen molar-refractivity contribution < 1.29 is 0 Å². The Morgan fingerprint density at radius 2 is 1.85 bits per heavy atom. The first-order valence-electron chi connectivity index (χ1n) is 7.63. The summed E-state index contributed by atoms with van der Waals surface area (Å²) in [5.41, 5.74) is 8.99. The third kappa shape index (κ3) is 2.45. The third-order valence-corrected chi connectivity index (χ3v) is 4.53. The Morgan fingerprint density at radius 1 is 1.10 bits per heavy atom. The largest absolute Gasteiger partial charge is 0.397 e. The van der Waals surface area contributed by atoms with Crippen LogP contribution in [0.1, 0.15) is 38.5 Å². The van der Waals surface area contributed by atoms with Crippen LogP contribution in [-0.4, -0.2) is 18.1 Å². The average Bonchev–Trinajstić information content (AvgIpc) is 2.76. The molecule has 0 atom stereocenters. The first-order chi connectivity index (χ1) is 9.77. The number of anilines is 2. The average molecular weight is 269 g/mol. The lowest BCUT2D eigenvalue weighted by Crippen LogP contribution is -2.31. The maximum Gasteiger partial charge on any atom is 0.0951 e. The molecular formula is C17H23N3. The van der Waals surface area contributed by atoms with Crippen LogP contribution in [0.25, 0.3) is 10.9 Å². The van der Waals surface area contributed by atoms with Crippen molar-refractivity contribution in [3.05, 3.63) is 30.5 Å². The number of nitrogen functional groups attached to an aromatic ring is 1. The van der Waals surface area contributed by atoms with Crippen LogP contribution in [0.3, 0.4) is 0 Å². The molecule has 0 bridgehead atoms. The van der Waals surface area contributed by atoms with Crippen LogP contribution >= 0.6 is 0 Å². The van der Waals surface area contributed by atoms with Crippen molar-refractivity contribution in [3.8, 4) is 0 Å². The fourth-order valence-electron chi connectivity index (χ4n) is 3.33. The lowest BCUT2D eigenvalue weighted by molar-refractivity contribution is 0.554. The van der Waals surface area contributed by atoms with Crippen molar-refractivity contribution in [3.63, 3.8) is 0 Å². The number of aromatic nitrogens is 1. The molecular weight excluding hydrogens is 246 g/mol. The summed E-state index contributed by atoms with van der Waals surface area (Å²) in [5.74, 6) is 0. The lowest BCUT2D eigenvalue weighted by atomic mass is 10.0. The summed E-state index contributed by atoms with van der Waals surface area (Å²) in [5, 5.41) is 1.17. The van der Waals surface area contributed by atoms with Gasteiger partial charge in [-0.15, -0.1) is 0 Å². The smallest absolute Gasteiger partial charge is 0.0951 e. The molecule has 3 heteroatoms. The van der Waals surface area contributed by atoms with E-state index in [1.54, 1.807) is 0 Å². The highest BCUT2D eigenvalue weighted by Gasteiger charge is 2.19. The molecule has 106 valence electrons. The second-order valence-corrected chi connectivity index (χ2v) is 5.83. The first-order valence-corrected chi connectivity index (χ1v) is 7.63. The van der Waals surface area contributed by atoms with Gasteiger partial charge >= 0.3 is 0 Å². The molecule has 1 aliphatic carbocycles. The molecule has 1 fully saturated rings. The zero-order valence-corrected chi connectivity index (χ0v) is 12.2. The number of pyridine rings is 1. The second kappa shape index (κ2) is 5.70. The van der Waals surface area contributed by atoms with Crippen molar-refractivity contribution in [1.82, 2.24) is 4.98 Å². The van der Waals surface area contributed by atoms with E-state index in [-0.39, 0.29) is 0 Å². The Kier molecular flexibility index (Phi) is 3.77. The minimum absolute atomic E-state index is 0.643. The van der Waals surface area contributed by atoms with Gasteiger partial charge in [-0.25, -0.2) is 0 Å². The highest BCUT2D eigenvalue weighted by atomic mass is 15.1. The molecule has 1 aliphatic rings. The summed E-state index contributed by atoms with van der Waals surface area (Å²) in [6, 6.07) is 8.89. The van der Waals surface area contributed by atoms with Crippen molar-refractivity contribution in [2.75, 3.05) is 17.7 Å². The number of fused-ring (bicyclic) bond motifs is 1. The van der Waals surface area contributed by atoms with Gasteiger partial charge in [0.2, 0.25) is 0 Å². The molecule has 3 rings (SSSR count). The van der Waals surface area contributed by atoms with Crippen molar-refractivity contribution >= 4 is 22.3 Å². The molecule has 1 aromatic heterocycles. The highest BCUT2D eigenvalue weighted by molar-refractivity contribution is 5.98. The van der Waals surface area contributed by atoms with Gasteiger partial charge in [-0.1, -0.05) is 25.7 Å². The Morgan fingerprint density at radius 3 is 2.60 bits per heavy atom. The fourth-order valence-corrected chi connectivity index (χ4v) is 3.33. The molecule has 3 nitrogen and oxygen atoms in total. The Bertz CT molecular complexity index is 586. The van der Waals surface area contributed by atoms with Crippen molar-refractivity contribution in [2.24, 2.45) is 0 Å². The van der Waals surface area contributed by atoms with E-state index in [9.17, 15) is 0 Å². The number of benzene rings is 1. The molecule has 0 unspecified atom stereocenters. The molecule has 1 saturated carbocycles. The molecule has 0 spiro atoms. The maximum atomic E-state index is 6.05. The number of nitrogens with two attached hydrogens (primary N) is 1. The summed E-state index contributed by atoms with van der Waals surface area (Å²) in [6.07, 6.45) is 9.86. The molecule has 0 aliphatic heterocycles. The predicted molar refractivity (Wildman–Crippen MR) is 86.0 cm³/mol. The Labute approximate surface area is 120 Å². The second-order valence-electron chi connectivity index (χ2n) is 5.83. The van der Waals surface area contributed by atoms with Crippen LogP contribution in [-0.2, 0) is 0 Å². The summed E-state index contributed by atoms with van der Waals surface area (Å²) in [6.45, 7) is 0. The highest BCUT2D eigenvalue weighted by Crippen LogP contribution is 2.32. The summed E-state index contributed by atoms with van der Waals surface area (Å²) in [4.78, 5) is 6.88. The van der Waals surface area contributed by atoms with Crippen LogP contribution in [0.15, 0.2) is 30.5 Å². The van der Waals surface area contributed by atoms with Crippen molar-refractivity contribution in [1.29, 1.82) is 0 Å². The van der Waals surface area contributed by atoms with Crippen LogP contribution in [0.4, 0.5) is 11.4 Å². The monoisotopic (exact) mass is 269 g/mol. The molecule has 20 heavy (non-hydrogen) atoms. The zero-order chi connectivity index (χ0) is 13.9. The van der Waals surface area contributed by atoms with Gasteiger partial charge < -0.3 is 10.6 Å². The molecule has 2 N–H and O–H groups in total. The zero-order valence-electron chi connectivity index (χ0n) is 12.2. The quantitative estimate of drug-likeness (QED) is 0.662. The van der Waals surface area contributed by atoms with Gasteiger partial charge in [0.05, 0.1) is 11.2 Å². The van der Waals surface area contributed by atoms with Crippen LogP contribution in [0.5, 0.6) is 0 Å². The standard InChI is InChI=1S/C17H23N3/c1-20(13-7-4-2-3-5-8-13)16-11-10-15(18)17-14(16)9-6-12-19-17/h6,9-13H,2-5,7-8,18H2,1H3. The minimum Gasteiger partial charge on any atom is -0.397 e. The molecule has 0 saturated heterocycles. The summed E-state index contributed by atoms with van der Waals surface area (Å²) in [7, 11) is 2.22. The summed E-state index contributed by atoms with van der Waals surface area (Å²) >= 11 is 0. The molecule has 2 aromatic rings. The molecule has 0 radical (unpaired) electrons. The van der Waals surface area contributed by atoms with E-state index in [4.69, 9.17) is 5.73 Å². The van der Waals surface area contributed by atoms with Gasteiger partial charge in [0.15, 0.2) is 0 Å². The molecule has 0 amide bonds. The minimum atomic E-state index is 0.643.